The predicted octanol–water partition coefficient (Wildman–Crippen LogP) is 13.2. The largest absolute Gasteiger partial charge is 0.455 e. The Hall–Kier alpha value is -6.18. The number of para-hydroxylation sites is 1. The summed E-state index contributed by atoms with van der Waals surface area (Å²) in [4.78, 5) is 0. The van der Waals surface area contributed by atoms with E-state index in [2.05, 4.69) is 170 Å². The molecule has 1 aromatic heterocycles. The van der Waals surface area contributed by atoms with Crippen molar-refractivity contribution in [1.82, 2.24) is 0 Å². The maximum Gasteiger partial charge on any atom is 0.143 e. The van der Waals surface area contributed by atoms with Gasteiger partial charge < -0.3 is 4.42 Å². The van der Waals surface area contributed by atoms with Gasteiger partial charge in [0.25, 0.3) is 0 Å². The highest BCUT2D eigenvalue weighted by molar-refractivity contribution is 6.29. The third kappa shape index (κ3) is 3.84. The smallest absolute Gasteiger partial charge is 0.143 e. The number of hydrogen-bond acceptors (Lipinski definition) is 1. The molecule has 47 heavy (non-hydrogen) atoms. The first-order valence-corrected chi connectivity index (χ1v) is 16.2. The molecule has 0 fully saturated rings. The van der Waals surface area contributed by atoms with Crippen LogP contribution in [0.3, 0.4) is 0 Å². The standard InChI is InChI=1S/C46H28O/c1-2-14-29(15-3-1)31-26-27-40(34-19-7-6-18-33(31)34)43-36-21-8-10-23-38(36)44(39-24-11-9-22-37(39)43)45-32-17-5-4-16-30(32)28-41-35-20-12-13-25-42(35)47-46(41)45/h1-28H. The fourth-order valence-electron chi connectivity index (χ4n) is 7.85. The highest BCUT2D eigenvalue weighted by Crippen LogP contribution is 2.50. The Balaban J connectivity index is 1.37. The molecule has 0 amide bonds. The zero-order valence-corrected chi connectivity index (χ0v) is 25.6. The maximum absolute atomic E-state index is 6.77. The van der Waals surface area contributed by atoms with Gasteiger partial charge in [-0.2, -0.15) is 0 Å². The van der Waals surface area contributed by atoms with E-state index in [1.54, 1.807) is 0 Å². The maximum atomic E-state index is 6.77. The summed E-state index contributed by atoms with van der Waals surface area (Å²) in [5.41, 5.74) is 9.19. The lowest BCUT2D eigenvalue weighted by Crippen LogP contribution is -1.93. The second-order valence-corrected chi connectivity index (χ2v) is 12.4. The third-order valence-electron chi connectivity index (χ3n) is 9.85. The van der Waals surface area contributed by atoms with Gasteiger partial charge in [0.1, 0.15) is 11.2 Å². The van der Waals surface area contributed by atoms with Crippen LogP contribution in [0.25, 0.3) is 98.4 Å². The van der Waals surface area contributed by atoms with Crippen LogP contribution in [0.4, 0.5) is 0 Å². The summed E-state index contributed by atoms with van der Waals surface area (Å²) < 4.78 is 6.77. The van der Waals surface area contributed by atoms with Gasteiger partial charge in [-0.3, -0.25) is 0 Å². The molecule has 10 rings (SSSR count). The molecule has 9 aromatic carbocycles. The van der Waals surface area contributed by atoms with E-state index in [1.165, 1.54) is 70.9 Å². The first kappa shape index (κ1) is 26.1. The zero-order chi connectivity index (χ0) is 30.9. The summed E-state index contributed by atoms with van der Waals surface area (Å²) in [6.07, 6.45) is 0. The van der Waals surface area contributed by atoms with Crippen molar-refractivity contribution in [2.75, 3.05) is 0 Å². The zero-order valence-electron chi connectivity index (χ0n) is 25.6. The van der Waals surface area contributed by atoms with E-state index in [1.807, 2.05) is 0 Å². The lowest BCUT2D eigenvalue weighted by Gasteiger charge is -2.20. The lowest BCUT2D eigenvalue weighted by molar-refractivity contribution is 0.670. The average molecular weight is 597 g/mol. The van der Waals surface area contributed by atoms with E-state index in [-0.39, 0.29) is 0 Å². The van der Waals surface area contributed by atoms with Gasteiger partial charge in [-0.1, -0.05) is 158 Å². The Kier molecular flexibility index (Phi) is 5.64. The minimum atomic E-state index is 0.911. The van der Waals surface area contributed by atoms with Gasteiger partial charge in [-0.15, -0.1) is 0 Å². The summed E-state index contributed by atoms with van der Waals surface area (Å²) in [6, 6.07) is 61.4. The minimum Gasteiger partial charge on any atom is -0.455 e. The molecular formula is C46H28O. The summed E-state index contributed by atoms with van der Waals surface area (Å²) in [5.74, 6) is 0. The molecule has 0 aliphatic heterocycles. The molecule has 218 valence electrons. The predicted molar refractivity (Wildman–Crippen MR) is 200 cm³/mol. The summed E-state index contributed by atoms with van der Waals surface area (Å²) in [7, 11) is 0. The van der Waals surface area contributed by atoms with E-state index in [0.29, 0.717) is 0 Å². The molecule has 0 aliphatic rings. The second-order valence-electron chi connectivity index (χ2n) is 12.4. The van der Waals surface area contributed by atoms with Gasteiger partial charge in [0.05, 0.1) is 0 Å². The fraction of sp³-hybridized carbons (Fsp3) is 0. The molecule has 0 saturated heterocycles. The molecule has 0 unspecified atom stereocenters. The van der Waals surface area contributed by atoms with Crippen molar-refractivity contribution in [2.45, 2.75) is 0 Å². The Bertz CT molecular complexity index is 2780. The molecule has 0 N–H and O–H groups in total. The van der Waals surface area contributed by atoms with Crippen LogP contribution in [0.5, 0.6) is 0 Å². The average Bonchev–Trinajstić information content (AvgIpc) is 3.51. The Labute approximate surface area is 271 Å². The van der Waals surface area contributed by atoms with E-state index in [0.717, 1.165) is 27.5 Å². The minimum absolute atomic E-state index is 0.911. The number of fused-ring (bicyclic) bond motifs is 7. The van der Waals surface area contributed by atoms with Crippen molar-refractivity contribution in [2.24, 2.45) is 0 Å². The van der Waals surface area contributed by atoms with Crippen LogP contribution in [-0.4, -0.2) is 0 Å². The molecule has 1 nitrogen and oxygen atoms in total. The highest BCUT2D eigenvalue weighted by Gasteiger charge is 2.23. The van der Waals surface area contributed by atoms with Gasteiger partial charge in [-0.25, -0.2) is 0 Å². The van der Waals surface area contributed by atoms with Crippen LogP contribution >= 0.6 is 0 Å². The Morgan fingerprint density at radius 1 is 0.298 bits per heavy atom. The molecule has 0 aliphatic carbocycles. The molecule has 0 saturated carbocycles. The Morgan fingerprint density at radius 3 is 1.47 bits per heavy atom. The van der Waals surface area contributed by atoms with E-state index >= 15 is 0 Å². The monoisotopic (exact) mass is 596 g/mol. The van der Waals surface area contributed by atoms with Crippen molar-refractivity contribution >= 4 is 65.0 Å². The van der Waals surface area contributed by atoms with Gasteiger partial charge in [0, 0.05) is 21.9 Å². The fourth-order valence-corrected chi connectivity index (χ4v) is 7.85. The normalized spacial score (nSPS) is 11.8. The molecule has 0 radical (unpaired) electrons. The summed E-state index contributed by atoms with van der Waals surface area (Å²) in [5, 5.41) is 12.1. The number of rotatable bonds is 3. The van der Waals surface area contributed by atoms with Gasteiger partial charge in [0.2, 0.25) is 0 Å². The third-order valence-corrected chi connectivity index (χ3v) is 9.85. The lowest BCUT2D eigenvalue weighted by atomic mass is 9.82. The molecule has 1 heteroatoms. The second kappa shape index (κ2) is 10.2. The first-order valence-electron chi connectivity index (χ1n) is 16.2. The van der Waals surface area contributed by atoms with Gasteiger partial charge in [-0.05, 0) is 77.5 Å². The highest BCUT2D eigenvalue weighted by atomic mass is 16.3. The topological polar surface area (TPSA) is 13.1 Å². The number of furan rings is 1. The Morgan fingerprint density at radius 2 is 0.787 bits per heavy atom. The summed E-state index contributed by atoms with van der Waals surface area (Å²) >= 11 is 0. The van der Waals surface area contributed by atoms with Crippen LogP contribution in [-0.2, 0) is 0 Å². The van der Waals surface area contributed by atoms with E-state index in [9.17, 15) is 0 Å². The summed E-state index contributed by atoms with van der Waals surface area (Å²) in [6.45, 7) is 0. The molecular weight excluding hydrogens is 569 g/mol. The number of benzene rings is 9. The van der Waals surface area contributed by atoms with Crippen molar-refractivity contribution in [3.05, 3.63) is 170 Å². The van der Waals surface area contributed by atoms with Crippen molar-refractivity contribution < 1.29 is 4.42 Å². The van der Waals surface area contributed by atoms with Gasteiger partial charge in [0.15, 0.2) is 0 Å². The van der Waals surface area contributed by atoms with Crippen LogP contribution in [0.2, 0.25) is 0 Å². The molecule has 0 spiro atoms. The van der Waals surface area contributed by atoms with Gasteiger partial charge >= 0.3 is 0 Å². The van der Waals surface area contributed by atoms with Crippen molar-refractivity contribution in [3.63, 3.8) is 0 Å². The quantitative estimate of drug-likeness (QED) is 0.185. The first-order chi connectivity index (χ1) is 23.3. The molecule has 0 atom stereocenters. The number of hydrogen-bond donors (Lipinski definition) is 0. The SMILES string of the molecule is c1ccc(-c2ccc(-c3c4ccccc4c(-c4c5ccccc5cc5c4oc4ccccc45)c4ccccc34)c3ccccc23)cc1. The van der Waals surface area contributed by atoms with Crippen LogP contribution < -0.4 is 0 Å². The van der Waals surface area contributed by atoms with Crippen molar-refractivity contribution in [3.8, 4) is 33.4 Å². The van der Waals surface area contributed by atoms with E-state index < -0.39 is 0 Å². The molecule has 10 aromatic rings. The van der Waals surface area contributed by atoms with Crippen LogP contribution in [0, 0.1) is 0 Å². The molecule has 0 bridgehead atoms. The van der Waals surface area contributed by atoms with E-state index in [4.69, 9.17) is 4.42 Å². The van der Waals surface area contributed by atoms with Crippen molar-refractivity contribution in [1.29, 1.82) is 0 Å². The van der Waals surface area contributed by atoms with Crippen LogP contribution in [0.1, 0.15) is 0 Å². The molecule has 1 heterocycles. The van der Waals surface area contributed by atoms with Crippen LogP contribution in [0.15, 0.2) is 174 Å².